The normalized spacial score (nSPS) is 24.8. The first kappa shape index (κ1) is 17.0. The number of hydrogen-bond donors (Lipinski definition) is 0. The van der Waals surface area contributed by atoms with Crippen LogP contribution in [0.5, 0.6) is 0 Å². The zero-order chi connectivity index (χ0) is 17.1. The monoisotopic (exact) mass is 328 g/mol. The lowest BCUT2D eigenvalue weighted by Gasteiger charge is -2.34. The summed E-state index contributed by atoms with van der Waals surface area (Å²) >= 11 is 0. The van der Waals surface area contributed by atoms with Crippen LogP contribution in [-0.4, -0.2) is 46.8 Å². The van der Waals surface area contributed by atoms with Crippen molar-refractivity contribution in [2.24, 2.45) is 0 Å². The first-order valence-corrected chi connectivity index (χ1v) is 9.30. The molecule has 1 aromatic rings. The van der Waals surface area contributed by atoms with Gasteiger partial charge in [0.25, 0.3) is 11.8 Å². The van der Waals surface area contributed by atoms with Gasteiger partial charge < -0.3 is 9.80 Å². The van der Waals surface area contributed by atoms with Gasteiger partial charge in [0, 0.05) is 36.3 Å². The molecule has 2 fully saturated rings. The number of carbonyl (C=O) groups excluding carboxylic acids is 2. The van der Waals surface area contributed by atoms with E-state index in [-0.39, 0.29) is 11.8 Å². The van der Waals surface area contributed by atoms with Crippen LogP contribution in [0.3, 0.4) is 0 Å². The summed E-state index contributed by atoms with van der Waals surface area (Å²) in [6.45, 7) is 5.91. The predicted octanol–water partition coefficient (Wildman–Crippen LogP) is 3.72. The number of nitrogens with zero attached hydrogens (tertiary/aromatic N) is 2. The minimum Gasteiger partial charge on any atom is -0.336 e. The van der Waals surface area contributed by atoms with Crippen molar-refractivity contribution in [2.45, 2.75) is 64.5 Å². The van der Waals surface area contributed by atoms with Gasteiger partial charge in [-0.2, -0.15) is 0 Å². The topological polar surface area (TPSA) is 40.6 Å². The van der Waals surface area contributed by atoms with Crippen LogP contribution >= 0.6 is 0 Å². The van der Waals surface area contributed by atoms with E-state index in [1.54, 1.807) is 0 Å². The molecule has 3 rings (SSSR count). The van der Waals surface area contributed by atoms with Crippen LogP contribution < -0.4 is 0 Å². The summed E-state index contributed by atoms with van der Waals surface area (Å²) in [6, 6.07) is 7.86. The number of carbonyl (C=O) groups is 2. The van der Waals surface area contributed by atoms with Crippen molar-refractivity contribution < 1.29 is 9.59 Å². The number of amides is 2. The molecule has 0 spiro atoms. The van der Waals surface area contributed by atoms with Crippen molar-refractivity contribution in [3.8, 4) is 0 Å². The van der Waals surface area contributed by atoms with Gasteiger partial charge in [-0.15, -0.1) is 0 Å². The molecule has 0 N–H and O–H groups in total. The first-order chi connectivity index (χ1) is 11.6. The van der Waals surface area contributed by atoms with Crippen LogP contribution in [0.2, 0.25) is 0 Å². The molecule has 0 aliphatic carbocycles. The molecule has 0 unspecified atom stereocenters. The van der Waals surface area contributed by atoms with Gasteiger partial charge >= 0.3 is 0 Å². The van der Waals surface area contributed by atoms with E-state index in [2.05, 4.69) is 13.8 Å². The van der Waals surface area contributed by atoms with Gasteiger partial charge in [0.05, 0.1) is 0 Å². The highest BCUT2D eigenvalue weighted by Gasteiger charge is 2.26. The Kier molecular flexibility index (Phi) is 5.22. The van der Waals surface area contributed by atoms with Gasteiger partial charge in [0.15, 0.2) is 0 Å². The quantitative estimate of drug-likeness (QED) is 0.830. The van der Waals surface area contributed by atoms with Crippen LogP contribution in [0.15, 0.2) is 24.3 Å². The van der Waals surface area contributed by atoms with Crippen molar-refractivity contribution in [1.82, 2.24) is 9.80 Å². The Morgan fingerprint density at radius 3 is 1.46 bits per heavy atom. The van der Waals surface area contributed by atoms with Crippen LogP contribution in [0.1, 0.15) is 73.1 Å². The van der Waals surface area contributed by atoms with E-state index in [1.807, 2.05) is 34.1 Å². The highest BCUT2D eigenvalue weighted by atomic mass is 16.2. The molecule has 1 aromatic carbocycles. The third-order valence-corrected chi connectivity index (χ3v) is 5.51. The van der Waals surface area contributed by atoms with E-state index in [9.17, 15) is 9.59 Å². The molecule has 2 saturated heterocycles. The van der Waals surface area contributed by atoms with Gasteiger partial charge in [0.1, 0.15) is 0 Å². The van der Waals surface area contributed by atoms with Crippen molar-refractivity contribution >= 4 is 11.8 Å². The van der Waals surface area contributed by atoms with E-state index < -0.39 is 0 Å². The Morgan fingerprint density at radius 1 is 0.750 bits per heavy atom. The fourth-order valence-electron chi connectivity index (χ4n) is 3.89. The molecule has 2 aliphatic heterocycles. The van der Waals surface area contributed by atoms with Crippen LogP contribution in [-0.2, 0) is 0 Å². The van der Waals surface area contributed by atoms with Crippen molar-refractivity contribution in [3.05, 3.63) is 35.4 Å². The van der Waals surface area contributed by atoms with Crippen molar-refractivity contribution in [3.63, 3.8) is 0 Å². The number of rotatable bonds is 2. The Balaban J connectivity index is 1.70. The summed E-state index contributed by atoms with van der Waals surface area (Å²) in [5.41, 5.74) is 1.37. The third kappa shape index (κ3) is 3.47. The van der Waals surface area contributed by atoms with E-state index in [4.69, 9.17) is 0 Å². The second-order valence-electron chi connectivity index (χ2n) is 7.26. The molecular weight excluding hydrogens is 300 g/mol. The number of hydrogen-bond acceptors (Lipinski definition) is 2. The Morgan fingerprint density at radius 2 is 1.12 bits per heavy atom. The highest BCUT2D eigenvalue weighted by Crippen LogP contribution is 2.21. The van der Waals surface area contributed by atoms with Crippen LogP contribution in [0, 0.1) is 0 Å². The minimum absolute atomic E-state index is 0.0903. The van der Waals surface area contributed by atoms with Gasteiger partial charge in [0.2, 0.25) is 0 Å². The second-order valence-corrected chi connectivity index (χ2v) is 7.26. The zero-order valence-corrected chi connectivity index (χ0v) is 14.8. The molecule has 2 aliphatic rings. The average Bonchev–Trinajstić information content (AvgIpc) is 2.61. The van der Waals surface area contributed by atoms with Gasteiger partial charge in [-0.3, -0.25) is 9.59 Å². The van der Waals surface area contributed by atoms with Crippen LogP contribution in [0.4, 0.5) is 0 Å². The van der Waals surface area contributed by atoms with Crippen molar-refractivity contribution in [1.29, 1.82) is 0 Å². The minimum atomic E-state index is 0.0903. The molecule has 4 heteroatoms. The van der Waals surface area contributed by atoms with Gasteiger partial charge in [-0.1, -0.05) is 0 Å². The summed E-state index contributed by atoms with van der Waals surface area (Å²) in [4.78, 5) is 29.3. The molecule has 4 nitrogen and oxygen atoms in total. The number of benzene rings is 1. The predicted molar refractivity (Wildman–Crippen MR) is 95.1 cm³/mol. The molecule has 0 bridgehead atoms. The summed E-state index contributed by atoms with van der Waals surface area (Å²) in [5.74, 6) is 0.181. The summed E-state index contributed by atoms with van der Waals surface area (Å²) < 4.78 is 0. The largest absolute Gasteiger partial charge is 0.336 e. The standard InChI is InChI=1S/C20H28N2O2/c1-15-7-3-5-13-21(15)19(23)17-9-11-18(12-10-17)20(24)22-14-6-4-8-16(22)2/h9-12,15-16H,3-8,13-14H2,1-2H3/t15-,16-/m0/s1. The summed E-state index contributed by atoms with van der Waals surface area (Å²) in [7, 11) is 0. The smallest absolute Gasteiger partial charge is 0.254 e. The average molecular weight is 328 g/mol. The zero-order valence-electron chi connectivity index (χ0n) is 14.8. The number of likely N-dealkylation sites (tertiary alicyclic amines) is 2. The number of piperidine rings is 2. The van der Waals surface area contributed by atoms with E-state index in [0.717, 1.165) is 38.8 Å². The maximum Gasteiger partial charge on any atom is 0.254 e. The SMILES string of the molecule is C[C@H]1CCCCN1C(=O)c1ccc(C(=O)N2CCCC[C@@H]2C)cc1. The molecular formula is C20H28N2O2. The van der Waals surface area contributed by atoms with Gasteiger partial charge in [-0.25, -0.2) is 0 Å². The Labute approximate surface area is 144 Å². The Hall–Kier alpha value is -1.84. The molecule has 0 saturated carbocycles. The van der Waals surface area contributed by atoms with Crippen molar-refractivity contribution in [2.75, 3.05) is 13.1 Å². The summed E-state index contributed by atoms with van der Waals surface area (Å²) in [6.07, 6.45) is 6.72. The maximum atomic E-state index is 12.7. The van der Waals surface area contributed by atoms with E-state index >= 15 is 0 Å². The molecule has 24 heavy (non-hydrogen) atoms. The third-order valence-electron chi connectivity index (χ3n) is 5.51. The molecule has 2 heterocycles. The molecule has 2 atom stereocenters. The lowest BCUT2D eigenvalue weighted by molar-refractivity contribution is 0.0623. The fraction of sp³-hybridized carbons (Fsp3) is 0.600. The highest BCUT2D eigenvalue weighted by molar-refractivity contribution is 5.98. The molecule has 130 valence electrons. The van der Waals surface area contributed by atoms with E-state index in [1.165, 1.54) is 12.8 Å². The maximum absolute atomic E-state index is 12.7. The lowest BCUT2D eigenvalue weighted by Crippen LogP contribution is -2.42. The molecule has 0 radical (unpaired) electrons. The molecule has 2 amide bonds. The first-order valence-electron chi connectivity index (χ1n) is 9.30. The van der Waals surface area contributed by atoms with Crippen LogP contribution in [0.25, 0.3) is 0 Å². The van der Waals surface area contributed by atoms with E-state index in [0.29, 0.717) is 23.2 Å². The Bertz CT molecular complexity index is 543. The fourth-order valence-corrected chi connectivity index (χ4v) is 3.89. The van der Waals surface area contributed by atoms with Gasteiger partial charge in [-0.05, 0) is 76.6 Å². The molecule has 0 aromatic heterocycles. The lowest BCUT2D eigenvalue weighted by atomic mass is 10.0. The second kappa shape index (κ2) is 7.37. The summed E-state index contributed by atoms with van der Waals surface area (Å²) in [5, 5.41) is 0.